The standard InChI is InChI=1S/C21H25F3N4O2S/c1-13-15(28-10-9-21(12-28)8-7-16(21)27(2)3)11-14(22)20(19(13)24)31(29,30)26-18-6-4-5-17(23)25-18/h4-6,11,16H,7-10,12H2,1-3H3,(H,25,26)/t16-,21+/m1/s1. The molecule has 6 nitrogen and oxygen atoms in total. The smallest absolute Gasteiger partial charge is 0.268 e. The van der Waals surface area contributed by atoms with Crippen LogP contribution in [0.15, 0.2) is 29.2 Å². The van der Waals surface area contributed by atoms with Crippen molar-refractivity contribution in [1.29, 1.82) is 0 Å². The van der Waals surface area contributed by atoms with Crippen LogP contribution in [0.1, 0.15) is 24.8 Å². The highest BCUT2D eigenvalue weighted by Crippen LogP contribution is 2.51. The lowest BCUT2D eigenvalue weighted by Gasteiger charge is -2.50. The minimum absolute atomic E-state index is 0.0618. The van der Waals surface area contributed by atoms with Crippen LogP contribution in [-0.2, 0) is 10.0 Å². The van der Waals surface area contributed by atoms with Crippen LogP contribution in [0.5, 0.6) is 0 Å². The highest BCUT2D eigenvalue weighted by Gasteiger charge is 2.52. The molecule has 0 amide bonds. The summed E-state index contributed by atoms with van der Waals surface area (Å²) < 4.78 is 70.6. The molecule has 1 aromatic heterocycles. The maximum absolute atomic E-state index is 15.2. The van der Waals surface area contributed by atoms with E-state index in [2.05, 4.69) is 9.88 Å². The van der Waals surface area contributed by atoms with Gasteiger partial charge in [0.1, 0.15) is 11.6 Å². The van der Waals surface area contributed by atoms with Crippen LogP contribution in [0, 0.1) is 29.9 Å². The first-order chi connectivity index (χ1) is 14.5. The van der Waals surface area contributed by atoms with E-state index >= 15 is 4.39 Å². The van der Waals surface area contributed by atoms with Crippen molar-refractivity contribution in [3.63, 3.8) is 0 Å². The van der Waals surface area contributed by atoms with Gasteiger partial charge in [-0.25, -0.2) is 22.2 Å². The van der Waals surface area contributed by atoms with Crippen molar-refractivity contribution in [2.45, 2.75) is 37.1 Å². The molecule has 31 heavy (non-hydrogen) atoms. The minimum atomic E-state index is -4.64. The van der Waals surface area contributed by atoms with Gasteiger partial charge in [-0.2, -0.15) is 4.39 Å². The molecule has 1 N–H and O–H groups in total. The maximum Gasteiger partial charge on any atom is 0.268 e. The van der Waals surface area contributed by atoms with E-state index < -0.39 is 32.5 Å². The summed E-state index contributed by atoms with van der Waals surface area (Å²) in [6, 6.07) is 4.97. The molecule has 1 saturated heterocycles. The molecule has 0 bridgehead atoms. The third kappa shape index (κ3) is 3.76. The number of hydrogen-bond acceptors (Lipinski definition) is 5. The number of nitrogens with zero attached hydrogens (tertiary/aromatic N) is 3. The molecule has 168 valence electrons. The van der Waals surface area contributed by atoms with Crippen LogP contribution >= 0.6 is 0 Å². The van der Waals surface area contributed by atoms with Gasteiger partial charge in [-0.15, -0.1) is 0 Å². The second-order valence-corrected chi connectivity index (χ2v) is 10.3. The molecule has 2 aliphatic rings. The van der Waals surface area contributed by atoms with Crippen LogP contribution in [0.2, 0.25) is 0 Å². The fourth-order valence-corrected chi connectivity index (χ4v) is 6.17. The summed E-state index contributed by atoms with van der Waals surface area (Å²) in [4.78, 5) is 6.43. The second-order valence-electron chi connectivity index (χ2n) is 8.65. The van der Waals surface area contributed by atoms with E-state index in [9.17, 15) is 17.2 Å². The average molecular weight is 455 g/mol. The Morgan fingerprint density at radius 3 is 2.58 bits per heavy atom. The largest absolute Gasteiger partial charge is 0.371 e. The van der Waals surface area contributed by atoms with Crippen LogP contribution in [0.4, 0.5) is 24.7 Å². The molecule has 1 aromatic carbocycles. The van der Waals surface area contributed by atoms with E-state index in [4.69, 9.17) is 0 Å². The van der Waals surface area contributed by atoms with Crippen LogP contribution < -0.4 is 9.62 Å². The highest BCUT2D eigenvalue weighted by atomic mass is 32.2. The van der Waals surface area contributed by atoms with E-state index in [1.54, 1.807) is 0 Å². The maximum atomic E-state index is 15.2. The first kappa shape index (κ1) is 21.9. The first-order valence-corrected chi connectivity index (χ1v) is 11.6. The molecular weight excluding hydrogens is 429 g/mol. The molecular formula is C21H25F3N4O2S. The highest BCUT2D eigenvalue weighted by molar-refractivity contribution is 7.92. The van der Waals surface area contributed by atoms with Crippen LogP contribution in [0.3, 0.4) is 0 Å². The van der Waals surface area contributed by atoms with Crippen molar-refractivity contribution in [2.24, 2.45) is 5.41 Å². The quantitative estimate of drug-likeness (QED) is 0.701. The number of nitrogens with one attached hydrogen (secondary N) is 1. The Bertz CT molecular complexity index is 1130. The second kappa shape index (κ2) is 7.67. The molecule has 2 heterocycles. The molecule has 0 radical (unpaired) electrons. The lowest BCUT2D eigenvalue weighted by Crippen LogP contribution is -2.54. The van der Waals surface area contributed by atoms with Gasteiger partial charge in [0.15, 0.2) is 10.7 Å². The predicted octanol–water partition coefficient (Wildman–Crippen LogP) is 3.53. The summed E-state index contributed by atoms with van der Waals surface area (Å²) >= 11 is 0. The number of anilines is 2. The minimum Gasteiger partial charge on any atom is -0.371 e. The third-order valence-corrected chi connectivity index (χ3v) is 7.98. The molecule has 1 aliphatic carbocycles. The van der Waals surface area contributed by atoms with Crippen LogP contribution in [-0.4, -0.2) is 51.5 Å². The number of benzene rings is 1. The van der Waals surface area contributed by atoms with Crippen molar-refractivity contribution in [3.05, 3.63) is 47.4 Å². The molecule has 4 rings (SSSR count). The number of sulfonamides is 1. The van der Waals surface area contributed by atoms with E-state index in [0.717, 1.165) is 31.4 Å². The monoisotopic (exact) mass is 454 g/mol. The Hall–Kier alpha value is -2.33. The predicted molar refractivity (Wildman–Crippen MR) is 112 cm³/mol. The summed E-state index contributed by atoms with van der Waals surface area (Å²) in [5.41, 5.74) is 0.518. The Morgan fingerprint density at radius 2 is 1.97 bits per heavy atom. The zero-order valence-electron chi connectivity index (χ0n) is 17.6. The van der Waals surface area contributed by atoms with E-state index in [0.29, 0.717) is 24.8 Å². The van der Waals surface area contributed by atoms with E-state index in [-0.39, 0.29) is 16.8 Å². The summed E-state index contributed by atoms with van der Waals surface area (Å²) in [5.74, 6) is -3.62. The fraction of sp³-hybridized carbons (Fsp3) is 0.476. The number of rotatable bonds is 5. The normalized spacial score (nSPS) is 23.5. The SMILES string of the molecule is Cc1c(N2CC[C@@]3(CC[C@H]3N(C)C)C2)cc(F)c(S(=O)(=O)Nc2cccc(F)n2)c1F. The van der Waals surface area contributed by atoms with E-state index in [1.165, 1.54) is 19.1 Å². The van der Waals surface area contributed by atoms with Gasteiger partial charge >= 0.3 is 0 Å². The van der Waals surface area contributed by atoms with Gasteiger partial charge in [-0.3, -0.25) is 4.72 Å². The Morgan fingerprint density at radius 1 is 1.23 bits per heavy atom. The molecule has 2 atom stereocenters. The number of halogens is 3. The number of aromatic nitrogens is 1. The Balaban J connectivity index is 1.64. The Kier molecular flexibility index (Phi) is 5.41. The van der Waals surface area contributed by atoms with Crippen molar-refractivity contribution < 1.29 is 21.6 Å². The van der Waals surface area contributed by atoms with Gasteiger partial charge in [-0.1, -0.05) is 6.07 Å². The summed E-state index contributed by atoms with van der Waals surface area (Å²) in [6.07, 6.45) is 3.08. The number of hydrogen-bond donors (Lipinski definition) is 1. The molecule has 0 unspecified atom stereocenters. The third-order valence-electron chi connectivity index (χ3n) is 6.59. The van der Waals surface area contributed by atoms with Gasteiger partial charge in [-0.05, 0) is 58.5 Å². The van der Waals surface area contributed by atoms with Gasteiger partial charge in [0.05, 0.1) is 0 Å². The fourth-order valence-electron chi connectivity index (χ4n) is 4.98. The molecule has 1 spiro atoms. The molecule has 2 aromatic rings. The topological polar surface area (TPSA) is 65.5 Å². The zero-order chi connectivity index (χ0) is 22.6. The molecule has 1 saturated carbocycles. The lowest BCUT2D eigenvalue weighted by molar-refractivity contribution is 0.0177. The summed E-state index contributed by atoms with van der Waals surface area (Å²) in [5, 5.41) is 0. The molecule has 1 aliphatic heterocycles. The van der Waals surface area contributed by atoms with Crippen LogP contribution in [0.25, 0.3) is 0 Å². The van der Waals surface area contributed by atoms with E-state index in [1.807, 2.05) is 23.7 Å². The van der Waals surface area contributed by atoms with Crippen molar-refractivity contribution >= 4 is 21.5 Å². The molecule has 2 fully saturated rings. The van der Waals surface area contributed by atoms with Crippen molar-refractivity contribution in [2.75, 3.05) is 36.8 Å². The summed E-state index contributed by atoms with van der Waals surface area (Å²) in [7, 11) is -0.564. The first-order valence-electron chi connectivity index (χ1n) is 10.1. The molecule has 10 heteroatoms. The lowest BCUT2D eigenvalue weighted by atomic mass is 9.63. The van der Waals surface area contributed by atoms with Gasteiger partial charge in [0.2, 0.25) is 5.95 Å². The summed E-state index contributed by atoms with van der Waals surface area (Å²) in [6.45, 7) is 2.77. The van der Waals surface area contributed by atoms with Crippen molar-refractivity contribution in [3.8, 4) is 0 Å². The average Bonchev–Trinajstić information content (AvgIpc) is 3.10. The van der Waals surface area contributed by atoms with Gasteiger partial charge in [0.25, 0.3) is 10.0 Å². The van der Waals surface area contributed by atoms with Gasteiger partial charge in [0, 0.05) is 35.8 Å². The Labute approximate surface area is 180 Å². The van der Waals surface area contributed by atoms with Crippen molar-refractivity contribution in [1.82, 2.24) is 9.88 Å². The number of pyridine rings is 1. The van der Waals surface area contributed by atoms with Gasteiger partial charge < -0.3 is 9.80 Å². The zero-order valence-corrected chi connectivity index (χ0v) is 18.4.